The highest BCUT2D eigenvalue weighted by atomic mass is 19.1. The van der Waals surface area contributed by atoms with Gasteiger partial charge in [0.25, 0.3) is 0 Å². The van der Waals surface area contributed by atoms with Crippen molar-refractivity contribution in [1.82, 2.24) is 5.43 Å². The number of hydrogen-bond acceptors (Lipinski definition) is 3. The highest BCUT2D eigenvalue weighted by molar-refractivity contribution is 5.23. The van der Waals surface area contributed by atoms with Gasteiger partial charge in [0, 0.05) is 7.11 Å². The topological polar surface area (TPSA) is 47.3 Å². The van der Waals surface area contributed by atoms with Gasteiger partial charge in [-0.1, -0.05) is 26.0 Å². The maximum absolute atomic E-state index is 12.9. The van der Waals surface area contributed by atoms with Crippen molar-refractivity contribution < 1.29 is 9.13 Å². The molecule has 96 valence electrons. The fraction of sp³-hybridized carbons (Fsp3) is 0.538. The molecule has 4 heteroatoms. The molecule has 0 amide bonds. The fourth-order valence-electron chi connectivity index (χ4n) is 2.27. The summed E-state index contributed by atoms with van der Waals surface area (Å²) in [6.07, 6.45) is 1.65. The minimum absolute atomic E-state index is 0.150. The Labute approximate surface area is 102 Å². The fourth-order valence-corrected chi connectivity index (χ4v) is 2.27. The number of nitrogens with two attached hydrogens (primary N) is 1. The minimum atomic E-state index is -0.368. The van der Waals surface area contributed by atoms with Gasteiger partial charge in [-0.3, -0.25) is 11.3 Å². The Hall–Kier alpha value is -0.970. The molecule has 3 N–H and O–H groups in total. The van der Waals surface area contributed by atoms with Crippen LogP contribution in [0.5, 0.6) is 0 Å². The summed E-state index contributed by atoms with van der Waals surface area (Å²) in [5.74, 6) is 5.38. The van der Waals surface area contributed by atoms with Crippen molar-refractivity contribution in [3.63, 3.8) is 0 Å². The van der Waals surface area contributed by atoms with Crippen LogP contribution in [-0.4, -0.2) is 12.7 Å². The molecule has 0 heterocycles. The minimum Gasteiger partial charge on any atom is -0.376 e. The Bertz CT molecular complexity index is 328. The first-order chi connectivity index (χ1) is 8.13. The van der Waals surface area contributed by atoms with E-state index in [1.165, 1.54) is 12.1 Å². The van der Waals surface area contributed by atoms with Crippen molar-refractivity contribution in [3.8, 4) is 0 Å². The summed E-state index contributed by atoms with van der Waals surface area (Å²) in [6, 6.07) is 6.19. The Balaban J connectivity index is 3.08. The molecule has 0 aromatic heterocycles. The highest BCUT2D eigenvalue weighted by Gasteiger charge is 2.36. The van der Waals surface area contributed by atoms with Gasteiger partial charge in [0.15, 0.2) is 0 Å². The Kier molecular flexibility index (Phi) is 5.05. The quantitative estimate of drug-likeness (QED) is 0.593. The van der Waals surface area contributed by atoms with E-state index < -0.39 is 0 Å². The zero-order valence-corrected chi connectivity index (χ0v) is 10.7. The van der Waals surface area contributed by atoms with Crippen LogP contribution in [0.1, 0.15) is 38.3 Å². The lowest BCUT2D eigenvalue weighted by atomic mass is 9.84. The maximum Gasteiger partial charge on any atom is 0.123 e. The molecule has 0 radical (unpaired) electrons. The van der Waals surface area contributed by atoms with Gasteiger partial charge in [0.05, 0.1) is 11.6 Å². The van der Waals surface area contributed by atoms with E-state index in [4.69, 9.17) is 10.6 Å². The van der Waals surface area contributed by atoms with Crippen LogP contribution in [0.3, 0.4) is 0 Å². The molecule has 1 aromatic rings. The molecule has 1 aromatic carbocycles. The summed E-state index contributed by atoms with van der Waals surface area (Å²) in [6.45, 7) is 4.11. The van der Waals surface area contributed by atoms with Crippen molar-refractivity contribution >= 4 is 0 Å². The van der Waals surface area contributed by atoms with Gasteiger partial charge in [-0.15, -0.1) is 0 Å². The molecule has 0 spiro atoms. The largest absolute Gasteiger partial charge is 0.376 e. The second-order valence-electron chi connectivity index (χ2n) is 4.13. The third kappa shape index (κ3) is 2.83. The van der Waals surface area contributed by atoms with E-state index in [-0.39, 0.29) is 17.5 Å². The van der Waals surface area contributed by atoms with Crippen LogP contribution in [0.25, 0.3) is 0 Å². The number of methoxy groups -OCH3 is 1. The molecule has 3 nitrogen and oxygen atoms in total. The van der Waals surface area contributed by atoms with E-state index in [2.05, 4.69) is 19.3 Å². The predicted molar refractivity (Wildman–Crippen MR) is 66.8 cm³/mol. The van der Waals surface area contributed by atoms with Gasteiger partial charge in [-0.25, -0.2) is 4.39 Å². The van der Waals surface area contributed by atoms with Crippen molar-refractivity contribution in [1.29, 1.82) is 0 Å². The molecule has 1 unspecified atom stereocenters. The van der Waals surface area contributed by atoms with Crippen LogP contribution in [0.15, 0.2) is 24.3 Å². The third-order valence-electron chi connectivity index (χ3n) is 3.50. The molecule has 1 rings (SSSR count). The molecule has 1 atom stereocenters. The first-order valence-electron chi connectivity index (χ1n) is 5.90. The normalized spacial score (nSPS) is 13.7. The molecule has 0 saturated heterocycles. The molecule has 17 heavy (non-hydrogen) atoms. The second-order valence-corrected chi connectivity index (χ2v) is 4.13. The molecule has 0 aliphatic rings. The van der Waals surface area contributed by atoms with Gasteiger partial charge < -0.3 is 4.74 Å². The van der Waals surface area contributed by atoms with Gasteiger partial charge in [-0.05, 0) is 30.5 Å². The molecular formula is C13H21FN2O. The van der Waals surface area contributed by atoms with E-state index >= 15 is 0 Å². The Morgan fingerprint density at radius 2 is 1.82 bits per heavy atom. The van der Waals surface area contributed by atoms with Crippen molar-refractivity contribution in [2.75, 3.05) is 7.11 Å². The number of rotatable bonds is 6. The number of benzene rings is 1. The first-order valence-corrected chi connectivity index (χ1v) is 5.90. The summed E-state index contributed by atoms with van der Waals surface area (Å²) in [4.78, 5) is 0. The van der Waals surface area contributed by atoms with Crippen LogP contribution in [-0.2, 0) is 4.74 Å². The lowest BCUT2D eigenvalue weighted by Crippen LogP contribution is -2.47. The monoisotopic (exact) mass is 240 g/mol. The number of hydrazine groups is 1. The summed E-state index contributed by atoms with van der Waals surface area (Å²) in [7, 11) is 1.68. The third-order valence-corrected chi connectivity index (χ3v) is 3.50. The zero-order valence-electron chi connectivity index (χ0n) is 10.7. The predicted octanol–water partition coefficient (Wildman–Crippen LogP) is 2.54. The van der Waals surface area contributed by atoms with E-state index in [9.17, 15) is 4.39 Å². The van der Waals surface area contributed by atoms with Crippen molar-refractivity contribution in [2.45, 2.75) is 38.3 Å². The van der Waals surface area contributed by atoms with Gasteiger partial charge in [0.1, 0.15) is 5.82 Å². The molecule has 0 bridgehead atoms. The Morgan fingerprint density at radius 3 is 2.18 bits per heavy atom. The molecular weight excluding hydrogens is 219 g/mol. The standard InChI is InChI=1S/C13H21FN2O/c1-4-13(5-2,17-3)12(16-15)10-6-8-11(14)9-7-10/h6-9,12,16H,4-5,15H2,1-3H3. The van der Waals surface area contributed by atoms with Gasteiger partial charge >= 0.3 is 0 Å². The summed E-state index contributed by atoms with van der Waals surface area (Å²) >= 11 is 0. The van der Waals surface area contributed by atoms with Crippen LogP contribution >= 0.6 is 0 Å². The number of hydrogen-bond donors (Lipinski definition) is 2. The summed E-state index contributed by atoms with van der Waals surface area (Å²) in [5, 5.41) is 0. The van der Waals surface area contributed by atoms with Crippen LogP contribution in [0.4, 0.5) is 4.39 Å². The smallest absolute Gasteiger partial charge is 0.123 e. The summed E-state index contributed by atoms with van der Waals surface area (Å²) in [5.41, 5.74) is 3.35. The number of nitrogens with one attached hydrogen (secondary N) is 1. The lowest BCUT2D eigenvalue weighted by molar-refractivity contribution is -0.0486. The SMILES string of the molecule is CCC(CC)(OC)C(NN)c1ccc(F)cc1. The Morgan fingerprint density at radius 1 is 1.29 bits per heavy atom. The average molecular weight is 240 g/mol. The van der Waals surface area contributed by atoms with E-state index in [0.717, 1.165) is 18.4 Å². The highest BCUT2D eigenvalue weighted by Crippen LogP contribution is 2.34. The van der Waals surface area contributed by atoms with E-state index in [1.54, 1.807) is 19.2 Å². The average Bonchev–Trinajstić information content (AvgIpc) is 2.38. The van der Waals surface area contributed by atoms with Crippen molar-refractivity contribution in [2.24, 2.45) is 5.84 Å². The molecule has 0 aliphatic carbocycles. The number of ether oxygens (including phenoxy) is 1. The molecule has 0 fully saturated rings. The molecule has 0 saturated carbocycles. The van der Waals surface area contributed by atoms with Crippen LogP contribution < -0.4 is 11.3 Å². The zero-order chi connectivity index (χ0) is 12.9. The number of halogens is 1. The van der Waals surface area contributed by atoms with E-state index in [1.807, 2.05) is 0 Å². The van der Waals surface area contributed by atoms with Crippen LogP contribution in [0, 0.1) is 5.82 Å². The van der Waals surface area contributed by atoms with Crippen LogP contribution in [0.2, 0.25) is 0 Å². The van der Waals surface area contributed by atoms with Crippen molar-refractivity contribution in [3.05, 3.63) is 35.6 Å². The first kappa shape index (κ1) is 14.1. The van der Waals surface area contributed by atoms with Gasteiger partial charge in [0.2, 0.25) is 0 Å². The van der Waals surface area contributed by atoms with Gasteiger partial charge in [-0.2, -0.15) is 0 Å². The lowest BCUT2D eigenvalue weighted by Gasteiger charge is -2.38. The maximum atomic E-state index is 12.9. The molecule has 0 aliphatic heterocycles. The summed E-state index contributed by atoms with van der Waals surface area (Å²) < 4.78 is 18.6. The second kappa shape index (κ2) is 6.10. The van der Waals surface area contributed by atoms with E-state index in [0.29, 0.717) is 0 Å².